The van der Waals surface area contributed by atoms with Crippen molar-refractivity contribution in [2.24, 2.45) is 0 Å². The molecule has 0 spiro atoms. The lowest BCUT2D eigenvalue weighted by molar-refractivity contribution is -0.130. The maximum Gasteiger partial charge on any atom is 0.290 e. The van der Waals surface area contributed by atoms with Crippen LogP contribution in [-0.4, -0.2) is 42.0 Å². The highest BCUT2D eigenvalue weighted by Gasteiger charge is 2.43. The summed E-state index contributed by atoms with van der Waals surface area (Å²) in [5, 5.41) is 12.4. The Morgan fingerprint density at radius 3 is 2.48 bits per heavy atom. The molecule has 1 aromatic heterocycles. The van der Waals surface area contributed by atoms with Gasteiger partial charge in [-0.25, -0.2) is 4.39 Å². The second-order valence-corrected chi connectivity index (χ2v) is 8.39. The number of hydrogen-bond acceptors (Lipinski definition) is 6. The van der Waals surface area contributed by atoms with Crippen molar-refractivity contribution in [3.8, 4) is 5.75 Å². The molecule has 1 amide bonds. The summed E-state index contributed by atoms with van der Waals surface area (Å²) in [5.74, 6) is -1.25. The largest absolute Gasteiger partial charge is 0.503 e. The Labute approximate surface area is 194 Å². The van der Waals surface area contributed by atoms with Crippen molar-refractivity contribution in [2.75, 3.05) is 20.3 Å². The Morgan fingerprint density at radius 1 is 1.12 bits per heavy atom. The van der Waals surface area contributed by atoms with E-state index >= 15 is 0 Å². The lowest BCUT2D eigenvalue weighted by atomic mass is 9.95. The predicted octanol–water partition coefficient (Wildman–Crippen LogP) is 4.69. The monoisotopic (exact) mass is 467 g/mol. The number of thiophene rings is 1. The lowest BCUT2D eigenvalue weighted by Crippen LogP contribution is -2.33. The summed E-state index contributed by atoms with van der Waals surface area (Å²) in [6.07, 6.45) is 0. The van der Waals surface area contributed by atoms with Gasteiger partial charge in [0.15, 0.2) is 5.76 Å². The fourth-order valence-electron chi connectivity index (χ4n) is 3.69. The SMILES string of the molecule is COCCN1C(=O)C(O)=C(C(=O)c2cccs2)C1c1ccc(OCc2ccc(F)cc2)cc1. The smallest absolute Gasteiger partial charge is 0.290 e. The normalized spacial score (nSPS) is 15.9. The molecule has 0 saturated carbocycles. The molecule has 2 aromatic carbocycles. The highest BCUT2D eigenvalue weighted by molar-refractivity contribution is 7.12. The van der Waals surface area contributed by atoms with Crippen LogP contribution >= 0.6 is 11.3 Å². The Balaban J connectivity index is 1.59. The lowest BCUT2D eigenvalue weighted by Gasteiger charge is -2.26. The Kier molecular flexibility index (Phi) is 6.86. The van der Waals surface area contributed by atoms with Crippen LogP contribution in [0.1, 0.15) is 26.8 Å². The number of Topliss-reactive ketones (excluding diaryl/α,β-unsaturated/α-hetero) is 1. The van der Waals surface area contributed by atoms with Crippen molar-refractivity contribution in [1.29, 1.82) is 0 Å². The molecule has 6 nitrogen and oxygen atoms in total. The van der Waals surface area contributed by atoms with Gasteiger partial charge < -0.3 is 19.5 Å². The van der Waals surface area contributed by atoms with E-state index in [4.69, 9.17) is 9.47 Å². The topological polar surface area (TPSA) is 76.1 Å². The molecule has 1 aliphatic rings. The van der Waals surface area contributed by atoms with Gasteiger partial charge in [-0.05, 0) is 46.8 Å². The van der Waals surface area contributed by atoms with Gasteiger partial charge in [-0.3, -0.25) is 9.59 Å². The van der Waals surface area contributed by atoms with Crippen molar-refractivity contribution in [2.45, 2.75) is 12.6 Å². The molecule has 3 aromatic rings. The summed E-state index contributed by atoms with van der Waals surface area (Å²) in [6, 6.07) is 15.7. The summed E-state index contributed by atoms with van der Waals surface area (Å²) in [6.45, 7) is 0.743. The minimum Gasteiger partial charge on any atom is -0.503 e. The Bertz CT molecular complexity index is 1160. The van der Waals surface area contributed by atoms with Crippen LogP contribution in [0, 0.1) is 5.82 Å². The summed E-state index contributed by atoms with van der Waals surface area (Å²) >= 11 is 1.25. The van der Waals surface area contributed by atoms with Gasteiger partial charge in [0.05, 0.1) is 23.1 Å². The number of rotatable bonds is 9. The predicted molar refractivity (Wildman–Crippen MR) is 122 cm³/mol. The molecule has 170 valence electrons. The molecule has 4 rings (SSSR count). The van der Waals surface area contributed by atoms with E-state index in [2.05, 4.69) is 0 Å². The van der Waals surface area contributed by atoms with Crippen LogP contribution in [0.15, 0.2) is 77.4 Å². The first-order valence-corrected chi connectivity index (χ1v) is 11.2. The molecule has 0 radical (unpaired) electrons. The average Bonchev–Trinajstić information content (AvgIpc) is 3.45. The number of hydrogen-bond donors (Lipinski definition) is 1. The van der Waals surface area contributed by atoms with Crippen LogP contribution in [0.5, 0.6) is 5.75 Å². The highest BCUT2D eigenvalue weighted by atomic mass is 32.1. The summed E-state index contributed by atoms with van der Waals surface area (Å²) in [4.78, 5) is 27.8. The minimum absolute atomic E-state index is 0.0542. The van der Waals surface area contributed by atoms with E-state index in [1.807, 2.05) is 0 Å². The van der Waals surface area contributed by atoms with Crippen LogP contribution < -0.4 is 4.74 Å². The van der Waals surface area contributed by atoms with Crippen molar-refractivity contribution >= 4 is 23.0 Å². The molecule has 2 heterocycles. The first kappa shape index (κ1) is 22.7. The van der Waals surface area contributed by atoms with E-state index in [0.29, 0.717) is 16.2 Å². The van der Waals surface area contributed by atoms with Crippen molar-refractivity contribution < 1.29 is 28.6 Å². The standard InChI is InChI=1S/C25H22FNO5S/c1-31-13-12-27-22(21(24(29)25(27)30)23(28)20-3-2-14-33-20)17-6-10-19(11-7-17)32-15-16-4-8-18(26)9-5-16/h2-11,14,22,29H,12-13,15H2,1H3. The quantitative estimate of drug-likeness (QED) is 0.462. The fourth-order valence-corrected chi connectivity index (χ4v) is 4.36. The van der Waals surface area contributed by atoms with E-state index in [-0.39, 0.29) is 36.9 Å². The number of ketones is 1. The molecule has 8 heteroatoms. The van der Waals surface area contributed by atoms with Gasteiger partial charge in [0.1, 0.15) is 18.2 Å². The molecule has 1 atom stereocenters. The van der Waals surface area contributed by atoms with Crippen LogP contribution in [0.3, 0.4) is 0 Å². The van der Waals surface area contributed by atoms with Gasteiger partial charge in [0.2, 0.25) is 5.78 Å². The number of carbonyl (C=O) groups excluding carboxylic acids is 2. The van der Waals surface area contributed by atoms with E-state index in [9.17, 15) is 19.1 Å². The van der Waals surface area contributed by atoms with Crippen LogP contribution in [0.25, 0.3) is 0 Å². The fraction of sp³-hybridized carbons (Fsp3) is 0.200. The number of aliphatic hydroxyl groups is 1. The summed E-state index contributed by atoms with van der Waals surface area (Å²) < 4.78 is 24.0. The van der Waals surface area contributed by atoms with Crippen LogP contribution in [0.2, 0.25) is 0 Å². The third-order valence-electron chi connectivity index (χ3n) is 5.34. The molecule has 0 aliphatic carbocycles. The Morgan fingerprint density at radius 2 is 1.85 bits per heavy atom. The Hall–Kier alpha value is -3.49. The summed E-state index contributed by atoms with van der Waals surface area (Å²) in [5.41, 5.74) is 1.54. The third-order valence-corrected chi connectivity index (χ3v) is 6.21. The minimum atomic E-state index is -0.742. The first-order valence-electron chi connectivity index (χ1n) is 10.3. The zero-order valence-electron chi connectivity index (χ0n) is 17.9. The molecule has 0 bridgehead atoms. The number of amides is 1. The third kappa shape index (κ3) is 4.81. The molecular weight excluding hydrogens is 445 g/mol. The van der Waals surface area contributed by atoms with Gasteiger partial charge in [-0.15, -0.1) is 11.3 Å². The maximum atomic E-state index is 13.1. The van der Waals surface area contributed by atoms with E-state index in [0.717, 1.165) is 5.56 Å². The van der Waals surface area contributed by atoms with Gasteiger partial charge in [0.25, 0.3) is 5.91 Å². The van der Waals surface area contributed by atoms with Crippen molar-refractivity contribution in [1.82, 2.24) is 4.90 Å². The average molecular weight is 468 g/mol. The molecule has 1 N–H and O–H groups in total. The summed E-state index contributed by atoms with van der Waals surface area (Å²) in [7, 11) is 1.52. The van der Waals surface area contributed by atoms with Crippen molar-refractivity contribution in [3.05, 3.63) is 99.2 Å². The molecular formula is C25H22FNO5S. The number of carbonyl (C=O) groups is 2. The molecule has 1 aliphatic heterocycles. The number of ether oxygens (including phenoxy) is 2. The van der Waals surface area contributed by atoms with Crippen LogP contribution in [-0.2, 0) is 16.1 Å². The van der Waals surface area contributed by atoms with Crippen LogP contribution in [0.4, 0.5) is 4.39 Å². The molecule has 0 fully saturated rings. The van der Waals surface area contributed by atoms with Gasteiger partial charge in [-0.1, -0.05) is 30.3 Å². The zero-order chi connectivity index (χ0) is 23.4. The van der Waals surface area contributed by atoms with Crippen molar-refractivity contribution in [3.63, 3.8) is 0 Å². The zero-order valence-corrected chi connectivity index (χ0v) is 18.7. The number of nitrogens with zero attached hydrogens (tertiary/aromatic N) is 1. The highest BCUT2D eigenvalue weighted by Crippen LogP contribution is 2.39. The van der Waals surface area contributed by atoms with Gasteiger partial charge in [0, 0.05) is 13.7 Å². The maximum absolute atomic E-state index is 13.1. The second-order valence-electron chi connectivity index (χ2n) is 7.45. The number of benzene rings is 2. The number of aliphatic hydroxyl groups excluding tert-OH is 1. The molecule has 33 heavy (non-hydrogen) atoms. The van der Waals surface area contributed by atoms with Gasteiger partial charge >= 0.3 is 0 Å². The van der Waals surface area contributed by atoms with E-state index in [1.165, 1.54) is 35.5 Å². The van der Waals surface area contributed by atoms with E-state index in [1.54, 1.807) is 53.9 Å². The van der Waals surface area contributed by atoms with Gasteiger partial charge in [-0.2, -0.15) is 0 Å². The molecule has 1 unspecified atom stereocenters. The second kappa shape index (κ2) is 9.97. The first-order chi connectivity index (χ1) is 16.0. The van der Waals surface area contributed by atoms with E-state index < -0.39 is 17.7 Å². The number of halogens is 1. The number of methoxy groups -OCH3 is 1. The molecule has 0 saturated heterocycles.